The van der Waals surface area contributed by atoms with E-state index in [2.05, 4.69) is 6.92 Å². The maximum absolute atomic E-state index is 11.8. The van der Waals surface area contributed by atoms with Crippen LogP contribution in [0.2, 0.25) is 0 Å². The van der Waals surface area contributed by atoms with E-state index in [0.29, 0.717) is 19.6 Å². The van der Waals surface area contributed by atoms with Gasteiger partial charge in [-0.3, -0.25) is 4.79 Å². The van der Waals surface area contributed by atoms with Crippen molar-refractivity contribution in [2.45, 2.75) is 45.1 Å². The van der Waals surface area contributed by atoms with Gasteiger partial charge in [-0.2, -0.15) is 0 Å². The molecule has 1 fully saturated rings. The lowest BCUT2D eigenvalue weighted by Crippen LogP contribution is -2.49. The van der Waals surface area contributed by atoms with Gasteiger partial charge in [-0.25, -0.2) is 4.79 Å². The van der Waals surface area contributed by atoms with Gasteiger partial charge in [-0.15, -0.1) is 0 Å². The molecule has 1 unspecified atom stereocenters. The second-order valence-electron chi connectivity index (χ2n) is 4.34. The molecule has 1 rings (SSSR count). The summed E-state index contributed by atoms with van der Waals surface area (Å²) < 4.78 is 5.23. The van der Waals surface area contributed by atoms with E-state index in [1.165, 1.54) is 4.90 Å². The quantitative estimate of drug-likeness (QED) is 0.713. The Labute approximate surface area is 102 Å². The van der Waals surface area contributed by atoms with Crippen LogP contribution in [0, 0.1) is 0 Å². The Balaban J connectivity index is 2.39. The van der Waals surface area contributed by atoms with Crippen molar-refractivity contribution in [3.63, 3.8) is 0 Å². The van der Waals surface area contributed by atoms with Gasteiger partial charge < -0.3 is 14.7 Å². The summed E-state index contributed by atoms with van der Waals surface area (Å²) in [4.78, 5) is 24.3. The third-order valence-electron chi connectivity index (χ3n) is 2.98. The number of amides is 1. The van der Waals surface area contributed by atoms with Crippen LogP contribution in [0.4, 0.5) is 0 Å². The Hall–Kier alpha value is -1.10. The Kier molecular flexibility index (Phi) is 5.97. The van der Waals surface area contributed by atoms with Crippen LogP contribution in [0.25, 0.3) is 0 Å². The molecule has 1 amide bonds. The number of carboxylic acids is 1. The van der Waals surface area contributed by atoms with E-state index in [-0.39, 0.29) is 12.5 Å². The van der Waals surface area contributed by atoms with Crippen LogP contribution in [0.15, 0.2) is 0 Å². The van der Waals surface area contributed by atoms with Crippen LogP contribution in [0.1, 0.15) is 39.0 Å². The molecule has 0 spiro atoms. The zero-order chi connectivity index (χ0) is 12.7. The molecule has 17 heavy (non-hydrogen) atoms. The number of unbranched alkanes of at least 4 members (excludes halogenated alkanes) is 1. The molecule has 1 N–H and O–H groups in total. The number of carbonyl (C=O) groups excluding carboxylic acids is 1. The predicted octanol–water partition coefficient (Wildman–Crippen LogP) is 1.27. The number of hydrogen-bond donors (Lipinski definition) is 1. The number of carbonyl (C=O) groups is 2. The molecule has 1 atom stereocenters. The second kappa shape index (κ2) is 7.27. The van der Waals surface area contributed by atoms with E-state index in [1.807, 2.05) is 0 Å². The Morgan fingerprint density at radius 3 is 2.82 bits per heavy atom. The third-order valence-corrected chi connectivity index (χ3v) is 2.98. The smallest absolute Gasteiger partial charge is 0.326 e. The summed E-state index contributed by atoms with van der Waals surface area (Å²) in [5, 5.41) is 9.03. The number of piperidine rings is 1. The molecule has 0 bridgehead atoms. The summed E-state index contributed by atoms with van der Waals surface area (Å²) in [6, 6.07) is -0.661. The summed E-state index contributed by atoms with van der Waals surface area (Å²) >= 11 is 0. The SMILES string of the molecule is CCCCOCC(=O)N1CCCCC1C(=O)O. The maximum Gasteiger partial charge on any atom is 0.326 e. The average Bonchev–Trinajstić information content (AvgIpc) is 2.34. The van der Waals surface area contributed by atoms with Crippen LogP contribution >= 0.6 is 0 Å². The zero-order valence-electron chi connectivity index (χ0n) is 10.4. The predicted molar refractivity (Wildman–Crippen MR) is 62.7 cm³/mol. The highest BCUT2D eigenvalue weighted by Crippen LogP contribution is 2.17. The van der Waals surface area contributed by atoms with Gasteiger partial charge >= 0.3 is 5.97 Å². The molecule has 5 heteroatoms. The van der Waals surface area contributed by atoms with Crippen LogP contribution in [-0.4, -0.2) is 47.7 Å². The highest BCUT2D eigenvalue weighted by Gasteiger charge is 2.31. The van der Waals surface area contributed by atoms with Gasteiger partial charge in [0.1, 0.15) is 12.6 Å². The highest BCUT2D eigenvalue weighted by molar-refractivity contribution is 5.84. The molecule has 0 aromatic carbocycles. The summed E-state index contributed by atoms with van der Waals surface area (Å²) in [7, 11) is 0. The fraction of sp³-hybridized carbons (Fsp3) is 0.833. The van der Waals surface area contributed by atoms with Crippen molar-refractivity contribution in [3.05, 3.63) is 0 Å². The first-order chi connectivity index (χ1) is 8.16. The first-order valence-corrected chi connectivity index (χ1v) is 6.26. The van der Waals surface area contributed by atoms with Crippen molar-refractivity contribution in [3.8, 4) is 0 Å². The lowest BCUT2D eigenvalue weighted by Gasteiger charge is -2.32. The molecule has 0 aromatic rings. The minimum absolute atomic E-state index is 0.00375. The van der Waals surface area contributed by atoms with E-state index in [0.717, 1.165) is 25.7 Å². The number of aliphatic carboxylic acids is 1. The topological polar surface area (TPSA) is 66.8 Å². The molecule has 0 saturated carbocycles. The Bertz CT molecular complexity index is 267. The zero-order valence-corrected chi connectivity index (χ0v) is 10.4. The number of hydrogen-bond acceptors (Lipinski definition) is 3. The molecule has 0 radical (unpaired) electrons. The summed E-state index contributed by atoms with van der Waals surface area (Å²) in [5.41, 5.74) is 0. The van der Waals surface area contributed by atoms with Gasteiger partial charge in [-0.1, -0.05) is 13.3 Å². The summed E-state index contributed by atoms with van der Waals surface area (Å²) in [6.45, 7) is 3.15. The van der Waals surface area contributed by atoms with Crippen molar-refractivity contribution in [1.82, 2.24) is 4.90 Å². The molecule has 0 aliphatic carbocycles. The number of likely N-dealkylation sites (tertiary alicyclic amines) is 1. The first-order valence-electron chi connectivity index (χ1n) is 6.26. The molecule has 1 aliphatic heterocycles. The third kappa shape index (κ3) is 4.34. The minimum atomic E-state index is -0.911. The second-order valence-corrected chi connectivity index (χ2v) is 4.34. The van der Waals surface area contributed by atoms with Gasteiger partial charge in [-0.05, 0) is 25.7 Å². The van der Waals surface area contributed by atoms with Crippen LogP contribution in [0.3, 0.4) is 0 Å². The van der Waals surface area contributed by atoms with Crippen molar-refractivity contribution >= 4 is 11.9 Å². The van der Waals surface area contributed by atoms with Gasteiger partial charge in [0.05, 0.1) is 0 Å². The molecular formula is C12H21NO4. The molecule has 1 saturated heterocycles. The Morgan fingerprint density at radius 2 is 2.18 bits per heavy atom. The van der Waals surface area contributed by atoms with Crippen molar-refractivity contribution in [2.24, 2.45) is 0 Å². The highest BCUT2D eigenvalue weighted by atomic mass is 16.5. The minimum Gasteiger partial charge on any atom is -0.480 e. The van der Waals surface area contributed by atoms with Gasteiger partial charge in [0.15, 0.2) is 0 Å². The number of nitrogens with zero attached hydrogens (tertiary/aromatic N) is 1. The molecule has 0 aromatic heterocycles. The molecule has 5 nitrogen and oxygen atoms in total. The summed E-state index contributed by atoms with van der Waals surface area (Å²) in [5.74, 6) is -1.11. The van der Waals surface area contributed by atoms with Crippen molar-refractivity contribution < 1.29 is 19.4 Å². The average molecular weight is 243 g/mol. The lowest BCUT2D eigenvalue weighted by molar-refractivity contribution is -0.154. The number of carboxylic acid groups (broad SMARTS) is 1. The van der Waals surface area contributed by atoms with E-state index in [9.17, 15) is 9.59 Å². The van der Waals surface area contributed by atoms with E-state index >= 15 is 0 Å². The van der Waals surface area contributed by atoms with Crippen molar-refractivity contribution in [2.75, 3.05) is 19.8 Å². The normalized spacial score (nSPS) is 20.3. The molecule has 1 heterocycles. The molecular weight excluding hydrogens is 222 g/mol. The maximum atomic E-state index is 11.8. The van der Waals surface area contributed by atoms with Gasteiger partial charge in [0.25, 0.3) is 0 Å². The van der Waals surface area contributed by atoms with Crippen LogP contribution in [-0.2, 0) is 14.3 Å². The lowest BCUT2D eigenvalue weighted by atomic mass is 10.0. The van der Waals surface area contributed by atoms with Gasteiger partial charge in [0, 0.05) is 13.2 Å². The molecule has 98 valence electrons. The van der Waals surface area contributed by atoms with E-state index in [1.54, 1.807) is 0 Å². The number of ether oxygens (including phenoxy) is 1. The Morgan fingerprint density at radius 1 is 1.41 bits per heavy atom. The summed E-state index contributed by atoms with van der Waals surface area (Å²) in [6.07, 6.45) is 4.25. The standard InChI is InChI=1S/C12H21NO4/c1-2-3-8-17-9-11(14)13-7-5-4-6-10(13)12(15)16/h10H,2-9H2,1H3,(H,15,16). The molecule has 1 aliphatic rings. The fourth-order valence-corrected chi connectivity index (χ4v) is 1.98. The van der Waals surface area contributed by atoms with E-state index < -0.39 is 12.0 Å². The van der Waals surface area contributed by atoms with E-state index in [4.69, 9.17) is 9.84 Å². The van der Waals surface area contributed by atoms with Gasteiger partial charge in [0.2, 0.25) is 5.91 Å². The fourth-order valence-electron chi connectivity index (χ4n) is 1.98. The first kappa shape index (κ1) is 14.0. The number of rotatable bonds is 6. The van der Waals surface area contributed by atoms with Crippen LogP contribution in [0.5, 0.6) is 0 Å². The monoisotopic (exact) mass is 243 g/mol. The van der Waals surface area contributed by atoms with Crippen LogP contribution < -0.4 is 0 Å². The van der Waals surface area contributed by atoms with Crippen molar-refractivity contribution in [1.29, 1.82) is 0 Å². The largest absolute Gasteiger partial charge is 0.480 e.